The fraction of sp³-hybridized carbons (Fsp3) is 0.625. The van der Waals surface area contributed by atoms with Gasteiger partial charge in [0.15, 0.2) is 0 Å². The van der Waals surface area contributed by atoms with Gasteiger partial charge in [0, 0.05) is 24.8 Å². The third-order valence-electron chi connectivity index (χ3n) is 4.62. The normalized spacial score (nSPS) is 25.9. The van der Waals surface area contributed by atoms with Crippen molar-refractivity contribution in [1.82, 2.24) is 5.32 Å². The Hall–Kier alpha value is -1.09. The number of hydrogen-bond acceptors (Lipinski definition) is 2. The number of benzene rings is 1. The molecule has 1 aromatic carbocycles. The summed E-state index contributed by atoms with van der Waals surface area (Å²) < 4.78 is 13.4. The van der Waals surface area contributed by atoms with Gasteiger partial charge in [0.05, 0.1) is 0 Å². The van der Waals surface area contributed by atoms with E-state index in [-0.39, 0.29) is 5.82 Å². The Morgan fingerprint density at radius 3 is 3.11 bits per heavy atom. The van der Waals surface area contributed by atoms with Crippen LogP contribution in [0.3, 0.4) is 0 Å². The Morgan fingerprint density at radius 2 is 2.26 bits per heavy atom. The van der Waals surface area contributed by atoms with Crippen LogP contribution < -0.4 is 10.2 Å². The van der Waals surface area contributed by atoms with Crippen LogP contribution >= 0.6 is 0 Å². The summed E-state index contributed by atoms with van der Waals surface area (Å²) in [6.07, 6.45) is 4.99. The van der Waals surface area contributed by atoms with Gasteiger partial charge in [-0.2, -0.15) is 0 Å². The molecule has 0 amide bonds. The molecule has 0 radical (unpaired) electrons. The topological polar surface area (TPSA) is 15.3 Å². The lowest BCUT2D eigenvalue weighted by Crippen LogP contribution is -2.39. The number of fused-ring (bicyclic) bond motifs is 1. The molecule has 0 spiro atoms. The van der Waals surface area contributed by atoms with E-state index in [1.807, 2.05) is 6.07 Å². The maximum absolute atomic E-state index is 13.4. The van der Waals surface area contributed by atoms with Crippen molar-refractivity contribution >= 4 is 5.69 Å². The monoisotopic (exact) mass is 262 g/mol. The molecular weight excluding hydrogens is 239 g/mol. The number of hydrogen-bond donors (Lipinski definition) is 1. The molecule has 2 atom stereocenters. The molecule has 0 bridgehead atoms. The largest absolute Gasteiger partial charge is 0.371 e. The van der Waals surface area contributed by atoms with E-state index < -0.39 is 0 Å². The summed E-state index contributed by atoms with van der Waals surface area (Å²) in [6, 6.07) is 5.89. The number of rotatable bonds is 4. The smallest absolute Gasteiger partial charge is 0.125 e. The molecule has 3 heteroatoms. The van der Waals surface area contributed by atoms with Gasteiger partial charge in [0.1, 0.15) is 5.82 Å². The summed E-state index contributed by atoms with van der Waals surface area (Å²) in [5.41, 5.74) is 2.43. The van der Waals surface area contributed by atoms with Gasteiger partial charge in [-0.25, -0.2) is 4.39 Å². The second kappa shape index (κ2) is 5.49. The number of anilines is 1. The zero-order chi connectivity index (χ0) is 13.2. The van der Waals surface area contributed by atoms with Gasteiger partial charge in [0.2, 0.25) is 0 Å². The number of nitrogens with one attached hydrogen (secondary N) is 1. The van der Waals surface area contributed by atoms with Gasteiger partial charge >= 0.3 is 0 Å². The van der Waals surface area contributed by atoms with Crippen molar-refractivity contribution in [3.63, 3.8) is 0 Å². The Labute approximate surface area is 115 Å². The number of halogens is 1. The van der Waals surface area contributed by atoms with Gasteiger partial charge in [-0.15, -0.1) is 0 Å². The third-order valence-corrected chi connectivity index (χ3v) is 4.62. The van der Waals surface area contributed by atoms with Crippen LogP contribution in [0.5, 0.6) is 0 Å². The lowest BCUT2D eigenvalue weighted by Gasteiger charge is -2.27. The molecule has 2 unspecified atom stereocenters. The minimum atomic E-state index is -0.111. The van der Waals surface area contributed by atoms with E-state index in [2.05, 4.69) is 17.1 Å². The molecule has 1 aromatic rings. The zero-order valence-electron chi connectivity index (χ0n) is 11.7. The minimum absolute atomic E-state index is 0.111. The first-order chi connectivity index (χ1) is 9.28. The van der Waals surface area contributed by atoms with Crippen LogP contribution in [0.2, 0.25) is 0 Å². The highest BCUT2D eigenvalue weighted by molar-refractivity contribution is 5.58. The Morgan fingerprint density at radius 1 is 1.37 bits per heavy atom. The molecule has 3 rings (SSSR count). The predicted octanol–water partition coefficient (Wildman–Crippen LogP) is 2.97. The highest BCUT2D eigenvalue weighted by atomic mass is 19.1. The maximum atomic E-state index is 13.4. The fourth-order valence-corrected chi connectivity index (χ4v) is 3.68. The zero-order valence-corrected chi connectivity index (χ0v) is 11.7. The summed E-state index contributed by atoms with van der Waals surface area (Å²) in [5.74, 6) is 0.606. The summed E-state index contributed by atoms with van der Waals surface area (Å²) in [4.78, 5) is 2.39. The van der Waals surface area contributed by atoms with Gasteiger partial charge < -0.3 is 10.2 Å². The Kier molecular flexibility index (Phi) is 3.74. The van der Waals surface area contributed by atoms with Crippen LogP contribution in [0.4, 0.5) is 10.1 Å². The van der Waals surface area contributed by atoms with Crippen molar-refractivity contribution in [3.05, 3.63) is 29.6 Å². The first-order valence-corrected chi connectivity index (χ1v) is 7.54. The minimum Gasteiger partial charge on any atom is -0.371 e. The summed E-state index contributed by atoms with van der Waals surface area (Å²) in [5, 5.41) is 3.60. The van der Waals surface area contributed by atoms with E-state index in [0.717, 1.165) is 31.7 Å². The SMILES string of the molecule is CCNC1CCCC1CN1CCc2ccc(F)cc21. The first-order valence-electron chi connectivity index (χ1n) is 7.54. The molecule has 1 saturated carbocycles. The van der Waals surface area contributed by atoms with Crippen LogP contribution in [0.15, 0.2) is 18.2 Å². The standard InChI is InChI=1S/C16H23FN2/c1-2-18-15-5-3-4-13(15)11-19-9-8-12-6-7-14(17)10-16(12)19/h6-7,10,13,15,18H,2-5,8-9,11H2,1H3. The van der Waals surface area contributed by atoms with Gasteiger partial charge in [-0.05, 0) is 49.4 Å². The van der Waals surface area contributed by atoms with Crippen molar-refractivity contribution in [2.45, 2.75) is 38.6 Å². The van der Waals surface area contributed by atoms with Crippen molar-refractivity contribution in [3.8, 4) is 0 Å². The van der Waals surface area contributed by atoms with Gasteiger partial charge in [-0.3, -0.25) is 0 Å². The van der Waals surface area contributed by atoms with Crippen LogP contribution in [0.25, 0.3) is 0 Å². The van der Waals surface area contributed by atoms with Crippen LogP contribution in [0.1, 0.15) is 31.7 Å². The average molecular weight is 262 g/mol. The van der Waals surface area contributed by atoms with E-state index in [0.29, 0.717) is 12.0 Å². The molecule has 1 N–H and O–H groups in total. The van der Waals surface area contributed by atoms with Crippen molar-refractivity contribution in [2.24, 2.45) is 5.92 Å². The van der Waals surface area contributed by atoms with Crippen LogP contribution in [-0.4, -0.2) is 25.7 Å². The second-order valence-corrected chi connectivity index (χ2v) is 5.82. The molecule has 2 aliphatic rings. The molecule has 19 heavy (non-hydrogen) atoms. The van der Waals surface area contributed by atoms with Gasteiger partial charge in [0.25, 0.3) is 0 Å². The predicted molar refractivity (Wildman–Crippen MR) is 77.1 cm³/mol. The highest BCUT2D eigenvalue weighted by Crippen LogP contribution is 2.33. The maximum Gasteiger partial charge on any atom is 0.125 e. The van der Waals surface area contributed by atoms with Gasteiger partial charge in [-0.1, -0.05) is 19.4 Å². The quantitative estimate of drug-likeness (QED) is 0.897. The molecule has 1 heterocycles. The Balaban J connectivity index is 1.70. The Bertz CT molecular complexity index is 446. The lowest BCUT2D eigenvalue weighted by atomic mass is 10.0. The molecule has 0 aromatic heterocycles. The second-order valence-electron chi connectivity index (χ2n) is 5.82. The van der Waals surface area contributed by atoms with Crippen molar-refractivity contribution < 1.29 is 4.39 Å². The lowest BCUT2D eigenvalue weighted by molar-refractivity contribution is 0.408. The van der Waals surface area contributed by atoms with E-state index in [1.54, 1.807) is 12.1 Å². The molecule has 1 aliphatic carbocycles. The van der Waals surface area contributed by atoms with Crippen LogP contribution in [-0.2, 0) is 6.42 Å². The summed E-state index contributed by atoms with van der Waals surface area (Å²) in [7, 11) is 0. The fourth-order valence-electron chi connectivity index (χ4n) is 3.68. The first kappa shape index (κ1) is 12.9. The van der Waals surface area contributed by atoms with Crippen LogP contribution in [0, 0.1) is 11.7 Å². The molecule has 0 saturated heterocycles. The third kappa shape index (κ3) is 2.62. The summed E-state index contributed by atoms with van der Waals surface area (Å²) in [6.45, 7) is 5.35. The van der Waals surface area contributed by atoms with E-state index in [9.17, 15) is 4.39 Å². The molecule has 1 aliphatic heterocycles. The van der Waals surface area contributed by atoms with E-state index in [4.69, 9.17) is 0 Å². The van der Waals surface area contributed by atoms with E-state index in [1.165, 1.54) is 24.8 Å². The molecular formula is C16H23FN2. The van der Waals surface area contributed by atoms with Crippen molar-refractivity contribution in [1.29, 1.82) is 0 Å². The number of nitrogens with zero attached hydrogens (tertiary/aromatic N) is 1. The molecule has 2 nitrogen and oxygen atoms in total. The molecule has 1 fully saturated rings. The average Bonchev–Trinajstić information content (AvgIpc) is 2.99. The molecule has 104 valence electrons. The highest BCUT2D eigenvalue weighted by Gasteiger charge is 2.30. The summed E-state index contributed by atoms with van der Waals surface area (Å²) >= 11 is 0. The van der Waals surface area contributed by atoms with Crippen molar-refractivity contribution in [2.75, 3.05) is 24.5 Å². The van der Waals surface area contributed by atoms with E-state index >= 15 is 0 Å².